The molecule has 0 saturated carbocycles. The predicted molar refractivity (Wildman–Crippen MR) is 80.9 cm³/mol. The van der Waals surface area contributed by atoms with E-state index in [0.29, 0.717) is 18.1 Å². The van der Waals surface area contributed by atoms with Crippen LogP contribution in [0.5, 0.6) is 0 Å². The molecule has 0 saturated heterocycles. The summed E-state index contributed by atoms with van der Waals surface area (Å²) in [5.74, 6) is 0.428. The van der Waals surface area contributed by atoms with E-state index in [0.717, 1.165) is 13.1 Å². The first-order valence-electron chi connectivity index (χ1n) is 6.83. The Balaban J connectivity index is 2.60. The van der Waals surface area contributed by atoms with E-state index in [9.17, 15) is 4.79 Å². The fourth-order valence-electron chi connectivity index (χ4n) is 2.06. The zero-order valence-electron chi connectivity index (χ0n) is 13.0. The highest BCUT2D eigenvalue weighted by atomic mass is 16.1. The summed E-state index contributed by atoms with van der Waals surface area (Å²) in [7, 11) is 4.05. The molecule has 1 rings (SSSR count). The van der Waals surface area contributed by atoms with Crippen LogP contribution < -0.4 is 10.6 Å². The van der Waals surface area contributed by atoms with Gasteiger partial charge in [0, 0.05) is 19.6 Å². The van der Waals surface area contributed by atoms with Crippen LogP contribution in [0.1, 0.15) is 31.3 Å². The van der Waals surface area contributed by atoms with Crippen LogP contribution in [0.15, 0.2) is 12.4 Å². The van der Waals surface area contributed by atoms with E-state index in [-0.39, 0.29) is 11.3 Å². The van der Waals surface area contributed by atoms with E-state index < -0.39 is 0 Å². The molecule has 0 radical (unpaired) electrons. The second kappa shape index (κ2) is 7.19. The Hall–Kier alpha value is -1.69. The van der Waals surface area contributed by atoms with Gasteiger partial charge in [-0.05, 0) is 26.4 Å². The highest BCUT2D eigenvalue weighted by Gasteiger charge is 2.20. The van der Waals surface area contributed by atoms with Crippen LogP contribution in [0.25, 0.3) is 0 Å². The lowest BCUT2D eigenvalue weighted by Crippen LogP contribution is -2.40. The van der Waals surface area contributed by atoms with Crippen molar-refractivity contribution >= 4 is 11.7 Å². The molecule has 20 heavy (non-hydrogen) atoms. The van der Waals surface area contributed by atoms with Crippen LogP contribution in [0.2, 0.25) is 0 Å². The summed E-state index contributed by atoms with van der Waals surface area (Å²) < 4.78 is 0. The van der Waals surface area contributed by atoms with Crippen LogP contribution in [0.4, 0.5) is 5.82 Å². The Morgan fingerprint density at radius 2 is 2.05 bits per heavy atom. The molecule has 0 aliphatic rings. The number of rotatable bonds is 7. The van der Waals surface area contributed by atoms with Crippen LogP contribution >= 0.6 is 0 Å². The fourth-order valence-corrected chi connectivity index (χ4v) is 2.06. The molecular formula is C14H25N5O. The van der Waals surface area contributed by atoms with E-state index in [1.165, 1.54) is 6.20 Å². The molecule has 0 unspecified atom stereocenters. The Bertz CT molecular complexity index is 445. The van der Waals surface area contributed by atoms with Gasteiger partial charge in [0.1, 0.15) is 11.5 Å². The van der Waals surface area contributed by atoms with Gasteiger partial charge in [-0.1, -0.05) is 13.8 Å². The Labute approximate surface area is 121 Å². The van der Waals surface area contributed by atoms with Crippen molar-refractivity contribution in [1.29, 1.82) is 0 Å². The van der Waals surface area contributed by atoms with E-state index in [1.807, 2.05) is 21.0 Å². The van der Waals surface area contributed by atoms with Crippen molar-refractivity contribution < 1.29 is 4.79 Å². The summed E-state index contributed by atoms with van der Waals surface area (Å²) in [6.45, 7) is 8.45. The zero-order chi connectivity index (χ0) is 15.2. The van der Waals surface area contributed by atoms with Gasteiger partial charge in [0.25, 0.3) is 5.91 Å². The van der Waals surface area contributed by atoms with Crippen molar-refractivity contribution in [1.82, 2.24) is 20.2 Å². The highest BCUT2D eigenvalue weighted by Crippen LogP contribution is 2.14. The topological polar surface area (TPSA) is 70.2 Å². The maximum absolute atomic E-state index is 12.1. The molecule has 6 nitrogen and oxygen atoms in total. The van der Waals surface area contributed by atoms with Gasteiger partial charge in [0.2, 0.25) is 0 Å². The van der Waals surface area contributed by atoms with Crippen LogP contribution in [0.3, 0.4) is 0 Å². The summed E-state index contributed by atoms with van der Waals surface area (Å²) in [6, 6.07) is 0. The Kier molecular flexibility index (Phi) is 5.88. The van der Waals surface area contributed by atoms with Crippen LogP contribution in [-0.2, 0) is 0 Å². The Morgan fingerprint density at radius 1 is 1.35 bits per heavy atom. The molecule has 1 heterocycles. The predicted octanol–water partition coefficient (Wildman–Crippen LogP) is 1.23. The summed E-state index contributed by atoms with van der Waals surface area (Å²) in [5.41, 5.74) is 0.343. The first-order valence-corrected chi connectivity index (χ1v) is 6.83. The van der Waals surface area contributed by atoms with E-state index in [4.69, 9.17) is 0 Å². The SMILES string of the molecule is CCNc1cncc(C(=O)NCC(C)(C)CN(C)C)n1. The third kappa shape index (κ3) is 5.52. The largest absolute Gasteiger partial charge is 0.369 e. The standard InChI is InChI=1S/C14H25N5O/c1-6-16-12-8-15-7-11(18-12)13(20)17-9-14(2,3)10-19(4)5/h7-8H,6,9-10H2,1-5H3,(H,16,18)(H,17,20). The summed E-state index contributed by atoms with van der Waals surface area (Å²) in [6.07, 6.45) is 3.09. The fraction of sp³-hybridized carbons (Fsp3) is 0.643. The van der Waals surface area contributed by atoms with Gasteiger partial charge in [0.15, 0.2) is 0 Å². The number of hydrogen-bond acceptors (Lipinski definition) is 5. The number of nitrogens with one attached hydrogen (secondary N) is 2. The van der Waals surface area contributed by atoms with Gasteiger partial charge < -0.3 is 15.5 Å². The average Bonchev–Trinajstić information content (AvgIpc) is 2.35. The first-order chi connectivity index (χ1) is 9.34. The summed E-state index contributed by atoms with van der Waals surface area (Å²) in [4.78, 5) is 22.4. The lowest BCUT2D eigenvalue weighted by molar-refractivity contribution is 0.0924. The molecule has 0 atom stereocenters. The summed E-state index contributed by atoms with van der Waals surface area (Å²) in [5, 5.41) is 5.96. The van der Waals surface area contributed by atoms with Crippen molar-refractivity contribution in [3.05, 3.63) is 18.1 Å². The van der Waals surface area contributed by atoms with Gasteiger partial charge in [-0.2, -0.15) is 0 Å². The van der Waals surface area contributed by atoms with Gasteiger partial charge in [0.05, 0.1) is 12.4 Å². The maximum atomic E-state index is 12.1. The van der Waals surface area contributed by atoms with E-state index in [2.05, 4.69) is 39.3 Å². The van der Waals surface area contributed by atoms with Crippen molar-refractivity contribution in [2.75, 3.05) is 39.0 Å². The number of amides is 1. The lowest BCUT2D eigenvalue weighted by Gasteiger charge is -2.28. The zero-order valence-corrected chi connectivity index (χ0v) is 13.0. The van der Waals surface area contributed by atoms with Gasteiger partial charge >= 0.3 is 0 Å². The lowest BCUT2D eigenvalue weighted by atomic mass is 9.93. The normalized spacial score (nSPS) is 11.5. The molecule has 0 aromatic carbocycles. The molecule has 6 heteroatoms. The molecule has 0 bridgehead atoms. The highest BCUT2D eigenvalue weighted by molar-refractivity contribution is 5.92. The third-order valence-electron chi connectivity index (χ3n) is 2.70. The number of anilines is 1. The first kappa shape index (κ1) is 16.4. The Morgan fingerprint density at radius 3 is 2.65 bits per heavy atom. The second-order valence-electron chi connectivity index (χ2n) is 5.90. The molecule has 0 aliphatic carbocycles. The third-order valence-corrected chi connectivity index (χ3v) is 2.70. The van der Waals surface area contributed by atoms with Crippen molar-refractivity contribution in [2.45, 2.75) is 20.8 Å². The van der Waals surface area contributed by atoms with Gasteiger partial charge in [-0.15, -0.1) is 0 Å². The molecule has 1 aromatic rings. The molecule has 0 fully saturated rings. The molecule has 1 aromatic heterocycles. The van der Waals surface area contributed by atoms with Crippen molar-refractivity contribution in [3.8, 4) is 0 Å². The molecule has 112 valence electrons. The monoisotopic (exact) mass is 279 g/mol. The summed E-state index contributed by atoms with van der Waals surface area (Å²) >= 11 is 0. The van der Waals surface area contributed by atoms with Crippen LogP contribution in [-0.4, -0.2) is 54.5 Å². The quantitative estimate of drug-likeness (QED) is 0.785. The minimum atomic E-state index is -0.191. The minimum Gasteiger partial charge on any atom is -0.369 e. The number of nitrogens with zero attached hydrogens (tertiary/aromatic N) is 3. The molecular weight excluding hydrogens is 254 g/mol. The van der Waals surface area contributed by atoms with E-state index >= 15 is 0 Å². The molecule has 0 aliphatic heterocycles. The second-order valence-corrected chi connectivity index (χ2v) is 5.90. The molecule has 1 amide bonds. The number of carbonyl (C=O) groups excluding carboxylic acids is 1. The van der Waals surface area contributed by atoms with E-state index in [1.54, 1.807) is 6.20 Å². The number of carbonyl (C=O) groups is 1. The number of aromatic nitrogens is 2. The number of hydrogen-bond donors (Lipinski definition) is 2. The smallest absolute Gasteiger partial charge is 0.271 e. The molecule has 2 N–H and O–H groups in total. The average molecular weight is 279 g/mol. The van der Waals surface area contributed by atoms with Gasteiger partial charge in [-0.25, -0.2) is 4.98 Å². The van der Waals surface area contributed by atoms with Crippen molar-refractivity contribution in [3.63, 3.8) is 0 Å². The molecule has 0 spiro atoms. The van der Waals surface area contributed by atoms with Crippen molar-refractivity contribution in [2.24, 2.45) is 5.41 Å². The minimum absolute atomic E-state index is 0.00582. The van der Waals surface area contributed by atoms with Gasteiger partial charge in [-0.3, -0.25) is 9.78 Å². The maximum Gasteiger partial charge on any atom is 0.271 e. The van der Waals surface area contributed by atoms with Crippen LogP contribution in [0, 0.1) is 5.41 Å².